The molecule has 0 radical (unpaired) electrons. The van der Waals surface area contributed by atoms with Gasteiger partial charge in [-0.05, 0) is 60.9 Å². The number of aromatic amines is 1. The molecule has 35 heavy (non-hydrogen) atoms. The smallest absolute Gasteiger partial charge is 0.273 e. The highest BCUT2D eigenvalue weighted by Crippen LogP contribution is 2.44. The maximum atomic E-state index is 13.6. The number of aromatic nitrogens is 2. The van der Waals surface area contributed by atoms with Crippen LogP contribution in [-0.2, 0) is 6.54 Å². The molecule has 4 aromatic rings. The van der Waals surface area contributed by atoms with Crippen LogP contribution in [0.2, 0.25) is 0 Å². The molecule has 1 N–H and O–H groups in total. The summed E-state index contributed by atoms with van der Waals surface area (Å²) in [4.78, 5) is 15.5. The summed E-state index contributed by atoms with van der Waals surface area (Å²) in [6.07, 6.45) is 0.951. The maximum absolute atomic E-state index is 13.6. The number of rotatable bonds is 8. The monoisotopic (exact) mass is 467 g/mol. The molecule has 2 heterocycles. The number of amides is 1. The van der Waals surface area contributed by atoms with Crippen LogP contribution in [0.15, 0.2) is 72.8 Å². The molecule has 5 rings (SSSR count). The highest BCUT2D eigenvalue weighted by atomic mass is 16.5. The second-order valence-electron chi connectivity index (χ2n) is 8.83. The number of fused-ring (bicyclic) bond motifs is 1. The summed E-state index contributed by atoms with van der Waals surface area (Å²) in [5.41, 5.74) is 6.44. The number of hydrogen-bond donors (Lipinski definition) is 1. The van der Waals surface area contributed by atoms with Crippen molar-refractivity contribution in [1.29, 1.82) is 0 Å². The number of ether oxygens (including phenoxy) is 2. The second kappa shape index (κ2) is 9.66. The minimum absolute atomic E-state index is 0.0517. The summed E-state index contributed by atoms with van der Waals surface area (Å²) < 4.78 is 11.1. The zero-order valence-corrected chi connectivity index (χ0v) is 20.2. The van der Waals surface area contributed by atoms with Crippen molar-refractivity contribution in [2.45, 2.75) is 32.9 Å². The van der Waals surface area contributed by atoms with Gasteiger partial charge in [0.2, 0.25) is 0 Å². The lowest BCUT2D eigenvalue weighted by molar-refractivity contribution is 0.0730. The van der Waals surface area contributed by atoms with Gasteiger partial charge in [-0.25, -0.2) is 0 Å². The fraction of sp³-hybridized carbons (Fsp3) is 0.241. The summed E-state index contributed by atoms with van der Waals surface area (Å²) in [5.74, 6) is 1.55. The largest absolute Gasteiger partial charge is 0.497 e. The van der Waals surface area contributed by atoms with Gasteiger partial charge in [-0.3, -0.25) is 9.89 Å². The quantitative estimate of drug-likeness (QED) is 0.349. The van der Waals surface area contributed by atoms with E-state index in [2.05, 4.69) is 48.3 Å². The second-order valence-corrected chi connectivity index (χ2v) is 8.83. The molecule has 3 aromatic carbocycles. The average Bonchev–Trinajstić information content (AvgIpc) is 3.43. The van der Waals surface area contributed by atoms with Gasteiger partial charge < -0.3 is 14.4 Å². The molecule has 1 aliphatic heterocycles. The third-order valence-electron chi connectivity index (χ3n) is 6.37. The topological polar surface area (TPSA) is 67.5 Å². The number of aryl methyl sites for hydroxylation is 1. The SMILES string of the molecule is CCCOc1ccc(C2c3c(-c4ccc(OC)cc4)n[nH]c3C(=O)N2Cc2ccc(C)cc2)cc1. The summed E-state index contributed by atoms with van der Waals surface area (Å²) in [6.45, 7) is 5.33. The van der Waals surface area contributed by atoms with Crippen LogP contribution < -0.4 is 9.47 Å². The van der Waals surface area contributed by atoms with Crippen LogP contribution in [0, 0.1) is 6.92 Å². The third-order valence-corrected chi connectivity index (χ3v) is 6.37. The average molecular weight is 468 g/mol. The number of H-pyrrole nitrogens is 1. The van der Waals surface area contributed by atoms with Crippen LogP contribution in [0.4, 0.5) is 0 Å². The summed E-state index contributed by atoms with van der Waals surface area (Å²) in [6, 6.07) is 23.9. The molecule has 0 spiro atoms. The highest BCUT2D eigenvalue weighted by Gasteiger charge is 2.42. The molecule has 6 heteroatoms. The molecule has 0 saturated heterocycles. The van der Waals surface area contributed by atoms with E-state index in [1.807, 2.05) is 53.4 Å². The number of nitrogens with one attached hydrogen (secondary N) is 1. The Hall–Kier alpha value is -4.06. The highest BCUT2D eigenvalue weighted by molar-refractivity contribution is 6.00. The van der Waals surface area contributed by atoms with Gasteiger partial charge in [-0.15, -0.1) is 0 Å². The zero-order valence-electron chi connectivity index (χ0n) is 20.2. The van der Waals surface area contributed by atoms with Gasteiger partial charge in [0.1, 0.15) is 17.2 Å². The standard InChI is InChI=1S/C29H29N3O3/c1-4-17-35-24-15-11-22(12-16-24)28-25-26(21-9-13-23(34-3)14-10-21)30-31-27(25)29(33)32(28)18-20-7-5-19(2)6-8-20/h5-16,28H,4,17-18H2,1-3H3,(H,30,31). The lowest BCUT2D eigenvalue weighted by atomic mass is 9.95. The normalized spacial score (nSPS) is 14.8. The van der Waals surface area contributed by atoms with E-state index >= 15 is 0 Å². The van der Waals surface area contributed by atoms with Crippen molar-refractivity contribution in [1.82, 2.24) is 15.1 Å². The Morgan fingerprint density at radius 2 is 1.63 bits per heavy atom. The van der Waals surface area contributed by atoms with Gasteiger partial charge in [0.05, 0.1) is 25.5 Å². The molecule has 0 bridgehead atoms. The minimum Gasteiger partial charge on any atom is -0.497 e. The van der Waals surface area contributed by atoms with Crippen LogP contribution >= 0.6 is 0 Å². The van der Waals surface area contributed by atoms with Gasteiger partial charge in [-0.1, -0.05) is 48.9 Å². The van der Waals surface area contributed by atoms with Crippen molar-refractivity contribution in [3.63, 3.8) is 0 Å². The van der Waals surface area contributed by atoms with E-state index in [-0.39, 0.29) is 11.9 Å². The van der Waals surface area contributed by atoms with Crippen molar-refractivity contribution >= 4 is 5.91 Å². The molecule has 0 saturated carbocycles. The number of hydrogen-bond acceptors (Lipinski definition) is 4. The van der Waals surface area contributed by atoms with Crippen molar-refractivity contribution in [3.8, 4) is 22.8 Å². The third kappa shape index (κ3) is 4.39. The first kappa shape index (κ1) is 22.7. The van der Waals surface area contributed by atoms with Crippen molar-refractivity contribution in [2.24, 2.45) is 0 Å². The zero-order chi connectivity index (χ0) is 24.4. The van der Waals surface area contributed by atoms with Crippen molar-refractivity contribution in [2.75, 3.05) is 13.7 Å². The van der Waals surface area contributed by atoms with Crippen molar-refractivity contribution < 1.29 is 14.3 Å². The number of carbonyl (C=O) groups is 1. The van der Waals surface area contributed by atoms with Crippen LogP contribution in [0.5, 0.6) is 11.5 Å². The van der Waals surface area contributed by atoms with Crippen LogP contribution in [0.25, 0.3) is 11.3 Å². The van der Waals surface area contributed by atoms with Gasteiger partial charge in [0.25, 0.3) is 5.91 Å². The number of carbonyl (C=O) groups excluding carboxylic acids is 1. The fourth-order valence-corrected chi connectivity index (χ4v) is 4.53. The molecule has 1 atom stereocenters. The molecular formula is C29H29N3O3. The van der Waals surface area contributed by atoms with E-state index in [4.69, 9.17) is 9.47 Å². The minimum atomic E-state index is -0.269. The fourth-order valence-electron chi connectivity index (χ4n) is 4.53. The molecule has 1 aliphatic rings. The molecule has 0 aliphatic carbocycles. The molecule has 1 unspecified atom stereocenters. The first-order chi connectivity index (χ1) is 17.1. The molecule has 1 aromatic heterocycles. The predicted molar refractivity (Wildman–Crippen MR) is 136 cm³/mol. The van der Waals surface area contributed by atoms with Gasteiger partial charge >= 0.3 is 0 Å². The van der Waals surface area contributed by atoms with E-state index in [0.717, 1.165) is 45.9 Å². The van der Waals surface area contributed by atoms with E-state index in [0.29, 0.717) is 18.8 Å². The van der Waals surface area contributed by atoms with E-state index < -0.39 is 0 Å². The molecule has 178 valence electrons. The lowest BCUT2D eigenvalue weighted by Crippen LogP contribution is -2.29. The van der Waals surface area contributed by atoms with Crippen molar-refractivity contribution in [3.05, 3.63) is 101 Å². The van der Waals surface area contributed by atoms with Crippen LogP contribution in [0.3, 0.4) is 0 Å². The van der Waals surface area contributed by atoms with Crippen LogP contribution in [-0.4, -0.2) is 34.7 Å². The van der Waals surface area contributed by atoms with Gasteiger partial charge in [0, 0.05) is 17.7 Å². The number of benzene rings is 3. The summed E-state index contributed by atoms with van der Waals surface area (Å²) in [5, 5.41) is 7.59. The predicted octanol–water partition coefficient (Wildman–Crippen LogP) is 5.93. The number of methoxy groups -OCH3 is 1. The lowest BCUT2D eigenvalue weighted by Gasteiger charge is -2.27. The van der Waals surface area contributed by atoms with E-state index in [1.165, 1.54) is 5.56 Å². The van der Waals surface area contributed by atoms with E-state index in [1.54, 1.807) is 7.11 Å². The first-order valence-corrected chi connectivity index (χ1v) is 11.9. The Labute approximate surface area is 205 Å². The van der Waals surface area contributed by atoms with E-state index in [9.17, 15) is 4.79 Å². The summed E-state index contributed by atoms with van der Waals surface area (Å²) in [7, 11) is 1.65. The molecule has 1 amide bonds. The van der Waals surface area contributed by atoms with Crippen LogP contribution in [0.1, 0.15) is 52.1 Å². The molecule has 6 nitrogen and oxygen atoms in total. The molecule has 0 fully saturated rings. The first-order valence-electron chi connectivity index (χ1n) is 11.9. The Morgan fingerprint density at radius 3 is 2.29 bits per heavy atom. The Bertz CT molecular complexity index is 1310. The Morgan fingerprint density at radius 1 is 0.943 bits per heavy atom. The number of nitrogens with zero attached hydrogens (tertiary/aromatic N) is 2. The molecular weight excluding hydrogens is 438 g/mol. The van der Waals surface area contributed by atoms with Gasteiger partial charge in [-0.2, -0.15) is 5.10 Å². The Kier molecular flexibility index (Phi) is 6.27. The van der Waals surface area contributed by atoms with Gasteiger partial charge in [0.15, 0.2) is 0 Å². The maximum Gasteiger partial charge on any atom is 0.273 e. The Balaban J connectivity index is 1.57. The summed E-state index contributed by atoms with van der Waals surface area (Å²) >= 11 is 0.